The van der Waals surface area contributed by atoms with Crippen molar-refractivity contribution < 1.29 is 17.6 Å². The first kappa shape index (κ1) is 24.3. The van der Waals surface area contributed by atoms with Crippen LogP contribution in [0.2, 0.25) is 0 Å². The number of carbonyl (C=O) groups excluding carboxylic acids is 1. The first-order valence-corrected chi connectivity index (χ1v) is 13.7. The van der Waals surface area contributed by atoms with Gasteiger partial charge in [0.05, 0.1) is 10.6 Å². The van der Waals surface area contributed by atoms with Crippen molar-refractivity contribution in [3.63, 3.8) is 0 Å². The summed E-state index contributed by atoms with van der Waals surface area (Å²) in [6.45, 7) is 6.08. The van der Waals surface area contributed by atoms with E-state index < -0.39 is 10.0 Å². The smallest absolute Gasteiger partial charge is 0.277 e. The summed E-state index contributed by atoms with van der Waals surface area (Å²) >= 11 is 1.23. The van der Waals surface area contributed by atoms with Gasteiger partial charge in [-0.15, -0.1) is 10.2 Å². The van der Waals surface area contributed by atoms with Gasteiger partial charge < -0.3 is 9.32 Å². The Hall–Kier alpha value is -2.85. The molecule has 0 unspecified atom stereocenters. The zero-order valence-electron chi connectivity index (χ0n) is 19.4. The molecule has 0 spiro atoms. The number of carbonyl (C=O) groups is 1. The average Bonchev–Trinajstić information content (AvgIpc) is 3.27. The number of aryl methyl sites for hydroxylation is 1. The van der Waals surface area contributed by atoms with Crippen LogP contribution in [-0.2, 0) is 14.8 Å². The Bertz CT molecular complexity index is 1230. The maximum Gasteiger partial charge on any atom is 0.277 e. The third-order valence-corrected chi connectivity index (χ3v) is 8.12. The second-order valence-corrected chi connectivity index (χ2v) is 11.2. The second kappa shape index (κ2) is 10.2. The number of piperidine rings is 1. The van der Waals surface area contributed by atoms with Crippen molar-refractivity contribution in [2.45, 2.75) is 62.2 Å². The van der Waals surface area contributed by atoms with Crippen LogP contribution in [0.1, 0.15) is 38.7 Å². The molecule has 2 aromatic carbocycles. The summed E-state index contributed by atoms with van der Waals surface area (Å²) in [4.78, 5) is 14.9. The summed E-state index contributed by atoms with van der Waals surface area (Å²) in [7, 11) is -3.68. The topological polar surface area (TPSA) is 105 Å². The van der Waals surface area contributed by atoms with Crippen LogP contribution in [-0.4, -0.2) is 47.3 Å². The molecule has 10 heteroatoms. The van der Waals surface area contributed by atoms with E-state index in [0.29, 0.717) is 22.4 Å². The molecule has 1 saturated heterocycles. The van der Waals surface area contributed by atoms with E-state index in [0.717, 1.165) is 24.8 Å². The number of likely N-dealkylation sites (tertiary alicyclic amines) is 1. The van der Waals surface area contributed by atoms with Crippen LogP contribution < -0.4 is 4.72 Å². The number of anilines is 1. The molecule has 180 valence electrons. The fourth-order valence-corrected chi connectivity index (χ4v) is 5.80. The van der Waals surface area contributed by atoms with Crippen LogP contribution in [0.5, 0.6) is 0 Å². The molecule has 0 aliphatic carbocycles. The van der Waals surface area contributed by atoms with Gasteiger partial charge in [0.1, 0.15) is 0 Å². The lowest BCUT2D eigenvalue weighted by atomic mass is 9.98. The molecule has 2 heterocycles. The minimum atomic E-state index is -3.68. The number of nitrogens with one attached hydrogen (secondary N) is 1. The van der Waals surface area contributed by atoms with E-state index in [2.05, 4.69) is 28.8 Å². The SMILES string of the molecule is Cc1ccc(S(=O)(=O)Nc2ccc(-c3nnc(SCC(=O)N4[C@H](C)CCC[C@H]4C)o3)cc2)cc1. The zero-order valence-corrected chi connectivity index (χ0v) is 21.0. The first-order chi connectivity index (χ1) is 16.2. The van der Waals surface area contributed by atoms with E-state index in [1.165, 1.54) is 11.8 Å². The molecule has 1 aliphatic heterocycles. The van der Waals surface area contributed by atoms with Crippen molar-refractivity contribution in [3.05, 3.63) is 54.1 Å². The predicted octanol–water partition coefficient (Wildman–Crippen LogP) is 4.73. The molecule has 0 saturated carbocycles. The van der Waals surface area contributed by atoms with Crippen molar-refractivity contribution in [1.82, 2.24) is 15.1 Å². The van der Waals surface area contributed by atoms with E-state index >= 15 is 0 Å². The van der Waals surface area contributed by atoms with Crippen LogP contribution >= 0.6 is 11.8 Å². The monoisotopic (exact) mass is 500 g/mol. The second-order valence-electron chi connectivity index (χ2n) is 8.59. The van der Waals surface area contributed by atoms with E-state index in [1.54, 1.807) is 48.5 Å². The molecule has 8 nitrogen and oxygen atoms in total. The maximum atomic E-state index is 12.7. The number of sulfonamides is 1. The number of rotatable bonds is 7. The summed E-state index contributed by atoms with van der Waals surface area (Å²) in [5.41, 5.74) is 2.07. The highest BCUT2D eigenvalue weighted by Crippen LogP contribution is 2.27. The van der Waals surface area contributed by atoms with Crippen molar-refractivity contribution in [2.75, 3.05) is 10.5 Å². The fourth-order valence-electron chi connectivity index (χ4n) is 4.11. The van der Waals surface area contributed by atoms with Crippen LogP contribution in [0.15, 0.2) is 63.1 Å². The Labute approximate surface area is 204 Å². The zero-order chi connectivity index (χ0) is 24.3. The molecule has 1 aliphatic rings. The third-order valence-electron chi connectivity index (χ3n) is 5.92. The highest BCUT2D eigenvalue weighted by Gasteiger charge is 2.29. The van der Waals surface area contributed by atoms with E-state index in [-0.39, 0.29) is 28.6 Å². The van der Waals surface area contributed by atoms with Crippen LogP contribution in [0.3, 0.4) is 0 Å². The number of nitrogens with zero attached hydrogens (tertiary/aromatic N) is 3. The first-order valence-electron chi connectivity index (χ1n) is 11.2. The molecule has 1 aromatic heterocycles. The van der Waals surface area contributed by atoms with Gasteiger partial charge in [0.15, 0.2) is 0 Å². The van der Waals surface area contributed by atoms with Gasteiger partial charge in [0, 0.05) is 23.3 Å². The Morgan fingerprint density at radius 1 is 1.06 bits per heavy atom. The number of hydrogen-bond donors (Lipinski definition) is 1. The van der Waals surface area contributed by atoms with Crippen molar-refractivity contribution in [1.29, 1.82) is 0 Å². The number of thioether (sulfide) groups is 1. The lowest BCUT2D eigenvalue weighted by Gasteiger charge is -2.39. The van der Waals surface area contributed by atoms with E-state index in [4.69, 9.17) is 4.42 Å². The molecule has 0 bridgehead atoms. The Morgan fingerprint density at radius 3 is 2.35 bits per heavy atom. The molecule has 1 fully saturated rings. The van der Waals surface area contributed by atoms with Gasteiger partial charge in [0.2, 0.25) is 11.8 Å². The van der Waals surface area contributed by atoms with Gasteiger partial charge in [-0.25, -0.2) is 8.42 Å². The third kappa shape index (κ3) is 5.61. The van der Waals surface area contributed by atoms with Crippen molar-refractivity contribution in [3.8, 4) is 11.5 Å². The predicted molar refractivity (Wildman–Crippen MR) is 132 cm³/mol. The van der Waals surface area contributed by atoms with Gasteiger partial charge in [-0.05, 0) is 76.4 Å². The number of amides is 1. The Morgan fingerprint density at radius 2 is 1.71 bits per heavy atom. The van der Waals surface area contributed by atoms with Crippen LogP contribution in [0.25, 0.3) is 11.5 Å². The normalized spacial score (nSPS) is 18.6. The molecule has 0 radical (unpaired) electrons. The molecule has 2 atom stereocenters. The minimum absolute atomic E-state index is 0.0784. The van der Waals surface area contributed by atoms with Gasteiger partial charge in [0.25, 0.3) is 15.2 Å². The summed E-state index contributed by atoms with van der Waals surface area (Å²) in [5.74, 6) is 0.632. The van der Waals surface area contributed by atoms with Crippen molar-refractivity contribution >= 4 is 33.4 Å². The average molecular weight is 501 g/mol. The lowest BCUT2D eigenvalue weighted by molar-refractivity contribution is -0.134. The summed E-state index contributed by atoms with van der Waals surface area (Å²) in [6, 6.07) is 13.8. The fraction of sp³-hybridized carbons (Fsp3) is 0.375. The van der Waals surface area contributed by atoms with Crippen molar-refractivity contribution in [2.24, 2.45) is 0 Å². The van der Waals surface area contributed by atoms with Gasteiger partial charge >= 0.3 is 0 Å². The largest absolute Gasteiger partial charge is 0.411 e. The molecule has 3 aromatic rings. The van der Waals surface area contributed by atoms with Crippen LogP contribution in [0, 0.1) is 6.92 Å². The quantitative estimate of drug-likeness (QED) is 0.468. The van der Waals surface area contributed by atoms with Gasteiger partial charge in [-0.3, -0.25) is 9.52 Å². The Kier molecular flexibility index (Phi) is 7.27. The summed E-state index contributed by atoms with van der Waals surface area (Å²) in [5, 5.41) is 8.43. The van der Waals surface area contributed by atoms with E-state index in [1.807, 2.05) is 11.8 Å². The molecule has 34 heavy (non-hydrogen) atoms. The van der Waals surface area contributed by atoms with Gasteiger partial charge in [-0.2, -0.15) is 0 Å². The number of aromatic nitrogens is 2. The molecular weight excluding hydrogens is 472 g/mol. The van der Waals surface area contributed by atoms with E-state index in [9.17, 15) is 13.2 Å². The van der Waals surface area contributed by atoms with Crippen LogP contribution in [0.4, 0.5) is 5.69 Å². The standard InChI is InChI=1S/C24H28N4O4S2/c1-16-7-13-21(14-8-16)34(30,31)27-20-11-9-19(10-12-20)23-25-26-24(32-23)33-15-22(29)28-17(2)5-4-6-18(28)3/h7-14,17-18,27H,4-6,15H2,1-3H3/t17-,18-/m1/s1. The molecule has 1 amide bonds. The van der Waals surface area contributed by atoms with Gasteiger partial charge in [-0.1, -0.05) is 29.5 Å². The Balaban J connectivity index is 1.37. The highest BCUT2D eigenvalue weighted by molar-refractivity contribution is 7.99. The summed E-state index contributed by atoms with van der Waals surface area (Å²) < 4.78 is 33.4. The number of hydrogen-bond acceptors (Lipinski definition) is 7. The lowest BCUT2D eigenvalue weighted by Crippen LogP contribution is -2.48. The maximum absolute atomic E-state index is 12.7. The number of benzene rings is 2. The minimum Gasteiger partial charge on any atom is -0.411 e. The molecule has 4 rings (SSSR count). The molecule has 1 N–H and O–H groups in total. The highest BCUT2D eigenvalue weighted by atomic mass is 32.2. The summed E-state index contributed by atoms with van der Waals surface area (Å²) in [6.07, 6.45) is 3.21. The molecular formula is C24H28N4O4S2.